The minimum absolute atomic E-state index is 0.0322. The Balaban J connectivity index is 2.94. The number of amides is 1. The maximum Gasteiger partial charge on any atom is 0.222 e. The highest BCUT2D eigenvalue weighted by Crippen LogP contribution is 2.47. The summed E-state index contributed by atoms with van der Waals surface area (Å²) < 4.78 is 0. The van der Waals surface area contributed by atoms with Crippen molar-refractivity contribution in [1.29, 1.82) is 0 Å². The Kier molecular flexibility index (Phi) is 2.34. The van der Waals surface area contributed by atoms with Crippen molar-refractivity contribution in [2.75, 3.05) is 6.54 Å². The molecule has 0 bridgehead atoms. The summed E-state index contributed by atoms with van der Waals surface area (Å²) in [5.74, 6) is 0.113. The first-order valence-corrected chi connectivity index (χ1v) is 4.91. The fourth-order valence-corrected chi connectivity index (χ4v) is 1.68. The van der Waals surface area contributed by atoms with Gasteiger partial charge in [0.1, 0.15) is 0 Å². The summed E-state index contributed by atoms with van der Waals surface area (Å²) in [7, 11) is 3.57. The highest BCUT2D eigenvalue weighted by molar-refractivity contribution is 6.28. The zero-order valence-electron chi connectivity index (χ0n) is 8.03. The summed E-state index contributed by atoms with van der Waals surface area (Å²) >= 11 is 0. The van der Waals surface area contributed by atoms with Crippen LogP contribution >= 0.6 is 0 Å². The maximum atomic E-state index is 11.6. The molecule has 0 spiro atoms. The number of rotatable bonds is 0. The molecule has 1 saturated heterocycles. The Bertz CT molecular complexity index is 199. The van der Waals surface area contributed by atoms with Crippen LogP contribution in [0.5, 0.6) is 0 Å². The van der Waals surface area contributed by atoms with E-state index in [0.717, 1.165) is 19.4 Å². The molecule has 0 aromatic carbocycles. The van der Waals surface area contributed by atoms with Crippen LogP contribution in [0.15, 0.2) is 0 Å². The molecular weight excluding hydrogens is 166 g/mol. The van der Waals surface area contributed by atoms with E-state index >= 15 is 0 Å². The predicted octanol–water partition coefficient (Wildman–Crippen LogP) is 1.27. The summed E-state index contributed by atoms with van der Waals surface area (Å²) in [4.78, 5) is 11.6. The molecule has 1 amide bonds. The van der Waals surface area contributed by atoms with E-state index < -0.39 is 5.04 Å². The summed E-state index contributed by atoms with van der Waals surface area (Å²) in [6, 6.07) is 0. The van der Waals surface area contributed by atoms with Crippen molar-refractivity contribution in [3.8, 4) is 0 Å². The Hall–Kier alpha value is -0.313. The van der Waals surface area contributed by atoms with E-state index in [1.54, 1.807) is 0 Å². The molecule has 0 saturated carbocycles. The van der Waals surface area contributed by atoms with Crippen LogP contribution < -0.4 is 5.32 Å². The van der Waals surface area contributed by atoms with Crippen LogP contribution in [0.4, 0.5) is 0 Å². The third-order valence-electron chi connectivity index (χ3n) is 3.07. The van der Waals surface area contributed by atoms with Gasteiger partial charge < -0.3 is 5.32 Å². The van der Waals surface area contributed by atoms with Crippen LogP contribution in [-0.2, 0) is 4.79 Å². The van der Waals surface area contributed by atoms with E-state index in [2.05, 4.69) is 29.4 Å². The van der Waals surface area contributed by atoms with Crippen molar-refractivity contribution in [2.45, 2.75) is 38.7 Å². The molecule has 0 aromatic heterocycles. The SMILES string of the molecule is CC1(C)CCCNC(=O)C1(C)[Si]. The van der Waals surface area contributed by atoms with Crippen LogP contribution in [-0.4, -0.2) is 22.7 Å². The first kappa shape index (κ1) is 9.77. The number of carbonyl (C=O) groups is 1. The molecule has 3 heteroatoms. The Morgan fingerprint density at radius 2 is 2.00 bits per heavy atom. The zero-order valence-corrected chi connectivity index (χ0v) is 9.03. The van der Waals surface area contributed by atoms with Crippen LogP contribution in [0.3, 0.4) is 0 Å². The Morgan fingerprint density at radius 1 is 1.42 bits per heavy atom. The zero-order chi connectivity index (χ0) is 9.41. The van der Waals surface area contributed by atoms with Crippen LogP contribution in [0.2, 0.25) is 5.04 Å². The highest BCUT2D eigenvalue weighted by atomic mass is 28.1. The molecule has 1 aliphatic heterocycles. The summed E-state index contributed by atoms with van der Waals surface area (Å²) in [5.41, 5.74) is 0.0322. The minimum atomic E-state index is -0.427. The van der Waals surface area contributed by atoms with Crippen LogP contribution in [0.25, 0.3) is 0 Å². The largest absolute Gasteiger partial charge is 0.356 e. The lowest BCUT2D eigenvalue weighted by Gasteiger charge is -2.38. The molecule has 0 aromatic rings. The van der Waals surface area contributed by atoms with E-state index in [9.17, 15) is 4.79 Å². The molecule has 1 fully saturated rings. The predicted molar refractivity (Wildman–Crippen MR) is 50.1 cm³/mol. The summed E-state index contributed by atoms with van der Waals surface area (Å²) in [5, 5.41) is 2.48. The molecule has 1 aliphatic rings. The average Bonchev–Trinajstić information content (AvgIpc) is 2.02. The first-order chi connectivity index (χ1) is 5.38. The molecule has 1 unspecified atom stereocenters. The van der Waals surface area contributed by atoms with Gasteiger partial charge in [0.15, 0.2) is 0 Å². The van der Waals surface area contributed by atoms with Crippen molar-refractivity contribution in [3.63, 3.8) is 0 Å². The molecule has 1 rings (SSSR count). The Morgan fingerprint density at radius 3 is 2.58 bits per heavy atom. The minimum Gasteiger partial charge on any atom is -0.356 e. The smallest absolute Gasteiger partial charge is 0.222 e. The molecule has 2 nitrogen and oxygen atoms in total. The van der Waals surface area contributed by atoms with Crippen molar-refractivity contribution in [2.24, 2.45) is 5.41 Å². The van der Waals surface area contributed by atoms with E-state index in [1.807, 2.05) is 6.92 Å². The van der Waals surface area contributed by atoms with Crippen molar-refractivity contribution in [3.05, 3.63) is 0 Å². The molecule has 1 N–H and O–H groups in total. The van der Waals surface area contributed by atoms with Gasteiger partial charge in [-0.2, -0.15) is 0 Å². The molecule has 1 atom stereocenters. The molecule has 0 aliphatic carbocycles. The normalized spacial score (nSPS) is 35.5. The van der Waals surface area contributed by atoms with Gasteiger partial charge in [0.05, 0.1) is 0 Å². The average molecular weight is 182 g/mol. The lowest BCUT2D eigenvalue weighted by Crippen LogP contribution is -2.40. The summed E-state index contributed by atoms with van der Waals surface area (Å²) in [6.45, 7) is 7.02. The van der Waals surface area contributed by atoms with Gasteiger partial charge in [-0.1, -0.05) is 20.8 Å². The fraction of sp³-hybridized carbons (Fsp3) is 0.889. The molecular formula is C9H16NOSi. The van der Waals surface area contributed by atoms with Gasteiger partial charge in [-0.3, -0.25) is 4.79 Å². The van der Waals surface area contributed by atoms with Crippen molar-refractivity contribution < 1.29 is 4.79 Å². The second-order valence-electron chi connectivity index (χ2n) is 4.37. The number of hydrogen-bond acceptors (Lipinski definition) is 1. The van der Waals surface area contributed by atoms with Gasteiger partial charge in [-0.05, 0) is 18.3 Å². The Labute approximate surface area is 77.5 Å². The third-order valence-corrected chi connectivity index (χ3v) is 3.98. The molecule has 3 radical (unpaired) electrons. The highest BCUT2D eigenvalue weighted by Gasteiger charge is 2.43. The van der Waals surface area contributed by atoms with E-state index in [-0.39, 0.29) is 11.3 Å². The topological polar surface area (TPSA) is 29.1 Å². The van der Waals surface area contributed by atoms with Gasteiger partial charge in [0.2, 0.25) is 5.91 Å². The van der Waals surface area contributed by atoms with E-state index in [0.29, 0.717) is 0 Å². The van der Waals surface area contributed by atoms with E-state index in [1.165, 1.54) is 0 Å². The lowest BCUT2D eigenvalue weighted by molar-refractivity contribution is -0.125. The van der Waals surface area contributed by atoms with Gasteiger partial charge in [-0.15, -0.1) is 0 Å². The van der Waals surface area contributed by atoms with Gasteiger partial charge >= 0.3 is 0 Å². The number of carbonyl (C=O) groups excluding carboxylic acids is 1. The number of hydrogen-bond donors (Lipinski definition) is 1. The lowest BCUT2D eigenvalue weighted by atomic mass is 9.76. The second-order valence-corrected chi connectivity index (χ2v) is 5.37. The quantitative estimate of drug-likeness (QED) is 0.562. The van der Waals surface area contributed by atoms with Gasteiger partial charge in [0.25, 0.3) is 0 Å². The van der Waals surface area contributed by atoms with Gasteiger partial charge in [0, 0.05) is 21.8 Å². The summed E-state index contributed by atoms with van der Waals surface area (Å²) in [6.07, 6.45) is 2.14. The fourth-order valence-electron chi connectivity index (χ4n) is 1.47. The van der Waals surface area contributed by atoms with Crippen molar-refractivity contribution in [1.82, 2.24) is 5.32 Å². The van der Waals surface area contributed by atoms with Crippen molar-refractivity contribution >= 4 is 16.1 Å². The second kappa shape index (κ2) is 2.87. The van der Waals surface area contributed by atoms with Crippen LogP contribution in [0, 0.1) is 5.41 Å². The van der Waals surface area contributed by atoms with E-state index in [4.69, 9.17) is 0 Å². The van der Waals surface area contributed by atoms with Crippen LogP contribution in [0.1, 0.15) is 33.6 Å². The molecule has 12 heavy (non-hydrogen) atoms. The number of nitrogens with one attached hydrogen (secondary N) is 1. The first-order valence-electron chi connectivity index (χ1n) is 4.41. The van der Waals surface area contributed by atoms with Gasteiger partial charge in [-0.25, -0.2) is 0 Å². The maximum absolute atomic E-state index is 11.6. The standard InChI is InChI=1S/C9H16NOSi/c1-8(2)5-4-6-10-7(11)9(8,3)12/h4-6H2,1-3H3,(H,10,11). The third kappa shape index (κ3) is 1.42. The molecule has 67 valence electrons. The monoisotopic (exact) mass is 182 g/mol. The molecule has 1 heterocycles.